The molecule has 1 aromatic carbocycles. The third kappa shape index (κ3) is 2.32. The molecule has 1 rings (SSSR count). The smallest absolute Gasteiger partial charge is 0.123 e. The van der Waals surface area contributed by atoms with Crippen molar-refractivity contribution in [1.82, 2.24) is 0 Å². The lowest BCUT2D eigenvalue weighted by atomic mass is 9.96. The molecule has 4 heteroatoms. The fourth-order valence-corrected chi connectivity index (χ4v) is 1.84. The summed E-state index contributed by atoms with van der Waals surface area (Å²) in [6.45, 7) is 3.93. The molecule has 0 radical (unpaired) electrons. The summed E-state index contributed by atoms with van der Waals surface area (Å²) in [5.41, 5.74) is 6.46. The van der Waals surface area contributed by atoms with E-state index >= 15 is 0 Å². The Balaban J connectivity index is 3.20. The number of rotatable bonds is 2. The Morgan fingerprint density at radius 1 is 1.29 bits per heavy atom. The largest absolute Gasteiger partial charge is 0.508 e. The van der Waals surface area contributed by atoms with Crippen LogP contribution >= 0.6 is 23.2 Å². The third-order valence-corrected chi connectivity index (χ3v) is 2.65. The van der Waals surface area contributed by atoms with E-state index in [1.54, 1.807) is 6.07 Å². The minimum Gasteiger partial charge on any atom is -0.508 e. The maximum atomic E-state index is 9.64. The van der Waals surface area contributed by atoms with Crippen LogP contribution in [-0.4, -0.2) is 5.11 Å². The van der Waals surface area contributed by atoms with Gasteiger partial charge in [-0.05, 0) is 18.1 Å². The van der Waals surface area contributed by atoms with Gasteiger partial charge in [0.05, 0.1) is 5.02 Å². The van der Waals surface area contributed by atoms with Gasteiger partial charge in [-0.25, -0.2) is 0 Å². The van der Waals surface area contributed by atoms with E-state index in [9.17, 15) is 5.11 Å². The van der Waals surface area contributed by atoms with Gasteiger partial charge in [0.15, 0.2) is 0 Å². The molecule has 0 aliphatic rings. The Bertz CT molecular complexity index is 316. The van der Waals surface area contributed by atoms with Crippen molar-refractivity contribution in [1.29, 1.82) is 0 Å². The first-order valence-corrected chi connectivity index (χ1v) is 5.12. The molecule has 0 heterocycles. The lowest BCUT2D eigenvalue weighted by Crippen LogP contribution is -2.17. The van der Waals surface area contributed by atoms with Crippen molar-refractivity contribution in [2.24, 2.45) is 11.7 Å². The van der Waals surface area contributed by atoms with Crippen molar-refractivity contribution >= 4 is 23.2 Å². The highest BCUT2D eigenvalue weighted by atomic mass is 35.5. The van der Waals surface area contributed by atoms with Crippen molar-refractivity contribution in [2.75, 3.05) is 0 Å². The molecule has 2 nitrogen and oxygen atoms in total. The second-order valence-electron chi connectivity index (χ2n) is 3.59. The van der Waals surface area contributed by atoms with Gasteiger partial charge in [0.25, 0.3) is 0 Å². The number of aromatic hydroxyl groups is 1. The van der Waals surface area contributed by atoms with E-state index in [0.29, 0.717) is 15.6 Å². The summed E-state index contributed by atoms with van der Waals surface area (Å²) in [6, 6.07) is 2.76. The number of phenols is 1. The van der Waals surface area contributed by atoms with Gasteiger partial charge in [0.1, 0.15) is 5.75 Å². The van der Waals surface area contributed by atoms with Crippen LogP contribution in [0.4, 0.5) is 0 Å². The first kappa shape index (κ1) is 11.6. The Morgan fingerprint density at radius 2 is 1.86 bits per heavy atom. The topological polar surface area (TPSA) is 46.2 Å². The van der Waals surface area contributed by atoms with Crippen LogP contribution in [0.25, 0.3) is 0 Å². The van der Waals surface area contributed by atoms with Gasteiger partial charge >= 0.3 is 0 Å². The molecule has 0 aliphatic carbocycles. The van der Waals surface area contributed by atoms with Gasteiger partial charge in [-0.15, -0.1) is 0 Å². The summed E-state index contributed by atoms with van der Waals surface area (Å²) in [7, 11) is 0. The molecule has 0 aromatic heterocycles. The zero-order valence-corrected chi connectivity index (χ0v) is 9.60. The van der Waals surface area contributed by atoms with Crippen molar-refractivity contribution < 1.29 is 5.11 Å². The molecule has 0 saturated heterocycles. The van der Waals surface area contributed by atoms with Gasteiger partial charge in [-0.1, -0.05) is 37.0 Å². The molecule has 0 saturated carbocycles. The monoisotopic (exact) mass is 233 g/mol. The van der Waals surface area contributed by atoms with Gasteiger partial charge in [-0.3, -0.25) is 0 Å². The molecule has 0 spiro atoms. The number of nitrogens with two attached hydrogens (primary N) is 1. The van der Waals surface area contributed by atoms with E-state index in [1.165, 1.54) is 6.07 Å². The fourth-order valence-electron chi connectivity index (χ4n) is 1.23. The van der Waals surface area contributed by atoms with Gasteiger partial charge in [-0.2, -0.15) is 0 Å². The quantitative estimate of drug-likeness (QED) is 0.824. The molecule has 78 valence electrons. The standard InChI is InChI=1S/C10H13Cl2NO/c1-5(2)10(13)9-7(12)3-6(11)4-8(9)14/h3-5,10,14H,13H2,1-2H3/t10-/m1/s1. The van der Waals surface area contributed by atoms with Crippen LogP contribution in [0.15, 0.2) is 12.1 Å². The molecule has 0 aliphatic heterocycles. The van der Waals surface area contributed by atoms with E-state index in [2.05, 4.69) is 0 Å². The van der Waals surface area contributed by atoms with Crippen LogP contribution in [0, 0.1) is 5.92 Å². The van der Waals surface area contributed by atoms with Crippen molar-refractivity contribution in [2.45, 2.75) is 19.9 Å². The van der Waals surface area contributed by atoms with Crippen LogP contribution in [0.2, 0.25) is 10.0 Å². The Labute approximate surface area is 93.6 Å². The second kappa shape index (κ2) is 4.39. The predicted molar refractivity (Wildman–Crippen MR) is 59.9 cm³/mol. The lowest BCUT2D eigenvalue weighted by molar-refractivity contribution is 0.440. The Hall–Kier alpha value is -0.440. The Morgan fingerprint density at radius 3 is 2.29 bits per heavy atom. The normalized spacial score (nSPS) is 13.3. The van der Waals surface area contributed by atoms with E-state index < -0.39 is 0 Å². The van der Waals surface area contributed by atoms with Crippen LogP contribution in [0.1, 0.15) is 25.5 Å². The summed E-state index contributed by atoms with van der Waals surface area (Å²) in [4.78, 5) is 0. The average Bonchev–Trinajstić information content (AvgIpc) is 2.01. The van der Waals surface area contributed by atoms with Crippen LogP contribution < -0.4 is 5.73 Å². The zero-order chi connectivity index (χ0) is 10.9. The molecule has 0 unspecified atom stereocenters. The Kier molecular flexibility index (Phi) is 3.65. The van der Waals surface area contributed by atoms with Crippen LogP contribution in [0.5, 0.6) is 5.75 Å². The van der Waals surface area contributed by atoms with Crippen LogP contribution in [-0.2, 0) is 0 Å². The molecule has 0 amide bonds. The maximum absolute atomic E-state index is 9.64. The molecular formula is C10H13Cl2NO. The second-order valence-corrected chi connectivity index (χ2v) is 4.43. The number of halogens is 2. The highest BCUT2D eigenvalue weighted by molar-refractivity contribution is 6.35. The molecule has 1 atom stereocenters. The average molecular weight is 234 g/mol. The predicted octanol–water partition coefficient (Wildman–Crippen LogP) is 3.35. The summed E-state index contributed by atoms with van der Waals surface area (Å²) in [6.07, 6.45) is 0. The first-order chi connectivity index (χ1) is 6.43. The molecular weight excluding hydrogens is 221 g/mol. The van der Waals surface area contributed by atoms with E-state index in [-0.39, 0.29) is 17.7 Å². The summed E-state index contributed by atoms with van der Waals surface area (Å²) >= 11 is 11.7. The van der Waals surface area contributed by atoms with Gasteiger partial charge in [0.2, 0.25) is 0 Å². The van der Waals surface area contributed by atoms with E-state index in [0.717, 1.165) is 0 Å². The number of phenolic OH excluding ortho intramolecular Hbond substituents is 1. The maximum Gasteiger partial charge on any atom is 0.123 e. The zero-order valence-electron chi connectivity index (χ0n) is 8.09. The summed E-state index contributed by atoms with van der Waals surface area (Å²) in [5.74, 6) is 0.267. The fraction of sp³-hybridized carbons (Fsp3) is 0.400. The van der Waals surface area contributed by atoms with Crippen LogP contribution in [0.3, 0.4) is 0 Å². The highest BCUT2D eigenvalue weighted by Gasteiger charge is 2.18. The molecule has 0 fully saturated rings. The molecule has 14 heavy (non-hydrogen) atoms. The summed E-state index contributed by atoms with van der Waals surface area (Å²) < 4.78 is 0. The molecule has 3 N–H and O–H groups in total. The molecule has 1 aromatic rings. The van der Waals surface area contributed by atoms with Crippen molar-refractivity contribution in [3.05, 3.63) is 27.7 Å². The lowest BCUT2D eigenvalue weighted by Gasteiger charge is -2.18. The SMILES string of the molecule is CC(C)[C@@H](N)c1c(O)cc(Cl)cc1Cl. The van der Waals surface area contributed by atoms with E-state index in [1.807, 2.05) is 13.8 Å². The van der Waals surface area contributed by atoms with Gasteiger partial charge < -0.3 is 10.8 Å². The van der Waals surface area contributed by atoms with Crippen molar-refractivity contribution in [3.8, 4) is 5.75 Å². The third-order valence-electron chi connectivity index (χ3n) is 2.12. The minimum absolute atomic E-state index is 0.0590. The summed E-state index contributed by atoms with van der Waals surface area (Å²) in [5, 5.41) is 10.5. The van der Waals surface area contributed by atoms with E-state index in [4.69, 9.17) is 28.9 Å². The van der Waals surface area contributed by atoms with Gasteiger partial charge in [0, 0.05) is 16.6 Å². The number of benzene rings is 1. The van der Waals surface area contributed by atoms with Crippen molar-refractivity contribution in [3.63, 3.8) is 0 Å². The number of hydrogen-bond donors (Lipinski definition) is 2. The highest BCUT2D eigenvalue weighted by Crippen LogP contribution is 2.36. The first-order valence-electron chi connectivity index (χ1n) is 4.37. The molecule has 0 bridgehead atoms. The minimum atomic E-state index is -0.278. The number of hydrogen-bond acceptors (Lipinski definition) is 2.